The number of halogens is 1. The van der Waals surface area contributed by atoms with Gasteiger partial charge in [-0.15, -0.1) is 10.2 Å². The Morgan fingerprint density at radius 1 is 1.27 bits per heavy atom. The zero-order valence-electron chi connectivity index (χ0n) is 14.7. The van der Waals surface area contributed by atoms with Crippen LogP contribution in [0, 0.1) is 6.92 Å². The van der Waals surface area contributed by atoms with Crippen LogP contribution in [0.3, 0.4) is 0 Å². The molecule has 0 fully saturated rings. The van der Waals surface area contributed by atoms with Crippen molar-refractivity contribution in [2.24, 2.45) is 7.05 Å². The molecule has 1 amide bonds. The number of amides is 1. The maximum absolute atomic E-state index is 12.0. The molecule has 0 aliphatic rings. The maximum Gasteiger partial charge on any atom is 0.265 e. The van der Waals surface area contributed by atoms with E-state index in [2.05, 4.69) is 20.6 Å². The van der Waals surface area contributed by atoms with E-state index in [0.717, 1.165) is 17.0 Å². The molecule has 0 radical (unpaired) electrons. The molecule has 0 spiro atoms. The summed E-state index contributed by atoms with van der Waals surface area (Å²) in [6.07, 6.45) is 1.37. The average Bonchev–Trinajstić information content (AvgIpc) is 3.20. The SMILES string of the molecule is Cc1cc(-c2nnc(CCC(=O)NCCc3ccccc3Cl)o2)n(C)n1. The molecule has 0 bridgehead atoms. The first-order valence-corrected chi connectivity index (χ1v) is 8.74. The first-order valence-electron chi connectivity index (χ1n) is 8.36. The van der Waals surface area contributed by atoms with Gasteiger partial charge in [-0.1, -0.05) is 29.8 Å². The fourth-order valence-corrected chi connectivity index (χ4v) is 2.85. The van der Waals surface area contributed by atoms with Gasteiger partial charge in [0.25, 0.3) is 5.89 Å². The summed E-state index contributed by atoms with van der Waals surface area (Å²) in [4.78, 5) is 12.0. The summed E-state index contributed by atoms with van der Waals surface area (Å²) in [5.74, 6) is 0.774. The van der Waals surface area contributed by atoms with E-state index in [4.69, 9.17) is 16.0 Å². The van der Waals surface area contributed by atoms with Crippen LogP contribution in [-0.2, 0) is 24.7 Å². The number of nitrogens with zero attached hydrogens (tertiary/aromatic N) is 4. The Labute approximate surface area is 156 Å². The van der Waals surface area contributed by atoms with Gasteiger partial charge in [0.15, 0.2) is 0 Å². The van der Waals surface area contributed by atoms with Gasteiger partial charge in [0.2, 0.25) is 11.8 Å². The molecule has 0 atom stereocenters. The standard InChI is InChI=1S/C18H20ClN5O2/c1-12-11-15(24(2)23-12)18-22-21-17(26-18)8-7-16(25)20-10-9-13-5-3-4-6-14(13)19/h3-6,11H,7-10H2,1-2H3,(H,20,25). The van der Waals surface area contributed by atoms with E-state index >= 15 is 0 Å². The highest BCUT2D eigenvalue weighted by atomic mass is 35.5. The third kappa shape index (κ3) is 4.49. The van der Waals surface area contributed by atoms with E-state index in [1.807, 2.05) is 44.3 Å². The molecule has 0 saturated heterocycles. The Morgan fingerprint density at radius 2 is 2.08 bits per heavy atom. The molecule has 8 heteroatoms. The molecule has 136 valence electrons. The smallest absolute Gasteiger partial charge is 0.265 e. The fourth-order valence-electron chi connectivity index (χ4n) is 2.62. The lowest BCUT2D eigenvalue weighted by Crippen LogP contribution is -2.26. The Kier molecular flexibility index (Phi) is 5.68. The van der Waals surface area contributed by atoms with E-state index in [1.165, 1.54) is 0 Å². The van der Waals surface area contributed by atoms with Gasteiger partial charge >= 0.3 is 0 Å². The van der Waals surface area contributed by atoms with E-state index in [9.17, 15) is 4.79 Å². The molecule has 0 unspecified atom stereocenters. The summed E-state index contributed by atoms with van der Waals surface area (Å²) in [5, 5.41) is 15.9. The number of rotatable bonds is 7. The third-order valence-electron chi connectivity index (χ3n) is 3.93. The number of nitrogens with one attached hydrogen (secondary N) is 1. The number of carbonyl (C=O) groups is 1. The molecule has 3 rings (SSSR count). The quantitative estimate of drug-likeness (QED) is 0.688. The normalized spacial score (nSPS) is 10.9. The minimum absolute atomic E-state index is 0.0619. The van der Waals surface area contributed by atoms with Crippen molar-refractivity contribution in [3.63, 3.8) is 0 Å². The summed E-state index contributed by atoms with van der Waals surface area (Å²) < 4.78 is 7.31. The maximum atomic E-state index is 12.0. The van der Waals surface area contributed by atoms with Crippen LogP contribution in [-0.4, -0.2) is 32.4 Å². The number of hydrogen-bond donors (Lipinski definition) is 1. The molecular formula is C18H20ClN5O2. The van der Waals surface area contributed by atoms with Crippen molar-refractivity contribution in [1.29, 1.82) is 0 Å². The second-order valence-electron chi connectivity index (χ2n) is 5.99. The van der Waals surface area contributed by atoms with Gasteiger partial charge in [-0.2, -0.15) is 5.10 Å². The molecule has 0 aliphatic carbocycles. The lowest BCUT2D eigenvalue weighted by molar-refractivity contribution is -0.121. The van der Waals surface area contributed by atoms with Gasteiger partial charge < -0.3 is 9.73 Å². The van der Waals surface area contributed by atoms with E-state index in [-0.39, 0.29) is 12.3 Å². The van der Waals surface area contributed by atoms with Gasteiger partial charge in [-0.3, -0.25) is 9.48 Å². The van der Waals surface area contributed by atoms with Gasteiger partial charge in [-0.25, -0.2) is 0 Å². The van der Waals surface area contributed by atoms with Crippen LogP contribution in [0.4, 0.5) is 0 Å². The Morgan fingerprint density at radius 3 is 2.81 bits per heavy atom. The largest absolute Gasteiger partial charge is 0.419 e. The first-order chi connectivity index (χ1) is 12.5. The predicted molar refractivity (Wildman–Crippen MR) is 97.7 cm³/mol. The van der Waals surface area contributed by atoms with Crippen molar-refractivity contribution in [3.8, 4) is 11.6 Å². The summed E-state index contributed by atoms with van der Waals surface area (Å²) in [5.41, 5.74) is 2.65. The zero-order valence-corrected chi connectivity index (χ0v) is 15.5. The molecule has 7 nitrogen and oxygen atoms in total. The van der Waals surface area contributed by atoms with Crippen LogP contribution < -0.4 is 5.32 Å². The van der Waals surface area contributed by atoms with Crippen molar-refractivity contribution < 1.29 is 9.21 Å². The molecular weight excluding hydrogens is 354 g/mol. The number of aromatic nitrogens is 4. The molecule has 26 heavy (non-hydrogen) atoms. The molecule has 1 N–H and O–H groups in total. The predicted octanol–water partition coefficient (Wildman–Crippen LogP) is 2.72. The average molecular weight is 374 g/mol. The molecule has 1 aromatic carbocycles. The van der Waals surface area contributed by atoms with Crippen LogP contribution in [0.25, 0.3) is 11.6 Å². The summed E-state index contributed by atoms with van der Waals surface area (Å²) >= 11 is 6.10. The molecule has 0 saturated carbocycles. The number of hydrogen-bond acceptors (Lipinski definition) is 5. The van der Waals surface area contributed by atoms with Crippen molar-refractivity contribution in [1.82, 2.24) is 25.3 Å². The van der Waals surface area contributed by atoms with E-state index < -0.39 is 0 Å². The van der Waals surface area contributed by atoms with Crippen LogP contribution in [0.5, 0.6) is 0 Å². The minimum atomic E-state index is -0.0619. The van der Waals surface area contributed by atoms with Gasteiger partial charge in [0, 0.05) is 31.5 Å². The first kappa shape index (κ1) is 18.1. The van der Waals surface area contributed by atoms with Gasteiger partial charge in [0.1, 0.15) is 5.69 Å². The fraction of sp³-hybridized carbons (Fsp3) is 0.333. The Balaban J connectivity index is 1.46. The molecule has 2 aromatic heterocycles. The number of carbonyl (C=O) groups excluding carboxylic acids is 1. The monoisotopic (exact) mass is 373 g/mol. The van der Waals surface area contributed by atoms with Crippen LogP contribution >= 0.6 is 11.6 Å². The van der Waals surface area contributed by atoms with Crippen molar-refractivity contribution in [3.05, 3.63) is 52.5 Å². The second-order valence-corrected chi connectivity index (χ2v) is 6.39. The molecule has 3 aromatic rings. The highest BCUT2D eigenvalue weighted by Gasteiger charge is 2.14. The summed E-state index contributed by atoms with van der Waals surface area (Å²) in [7, 11) is 1.82. The molecule has 2 heterocycles. The minimum Gasteiger partial charge on any atom is -0.419 e. The summed E-state index contributed by atoms with van der Waals surface area (Å²) in [6, 6.07) is 9.48. The topological polar surface area (TPSA) is 85.8 Å². The van der Waals surface area contributed by atoms with E-state index in [1.54, 1.807) is 4.68 Å². The lowest BCUT2D eigenvalue weighted by Gasteiger charge is -2.06. The molecule has 0 aliphatic heterocycles. The number of benzene rings is 1. The van der Waals surface area contributed by atoms with Crippen molar-refractivity contribution in [2.75, 3.05) is 6.54 Å². The van der Waals surface area contributed by atoms with Gasteiger partial charge in [-0.05, 0) is 31.0 Å². The second kappa shape index (κ2) is 8.14. The highest BCUT2D eigenvalue weighted by Crippen LogP contribution is 2.18. The van der Waals surface area contributed by atoms with E-state index in [0.29, 0.717) is 36.2 Å². The van der Waals surface area contributed by atoms with Crippen molar-refractivity contribution in [2.45, 2.75) is 26.2 Å². The zero-order chi connectivity index (χ0) is 18.5. The lowest BCUT2D eigenvalue weighted by atomic mass is 10.1. The highest BCUT2D eigenvalue weighted by molar-refractivity contribution is 6.31. The third-order valence-corrected chi connectivity index (χ3v) is 4.30. The van der Waals surface area contributed by atoms with Crippen molar-refractivity contribution >= 4 is 17.5 Å². The van der Waals surface area contributed by atoms with Crippen LogP contribution in [0.2, 0.25) is 5.02 Å². The number of aryl methyl sites for hydroxylation is 3. The Bertz CT molecular complexity index is 903. The van der Waals surface area contributed by atoms with Crippen LogP contribution in [0.15, 0.2) is 34.7 Å². The Hall–Kier alpha value is -2.67. The van der Waals surface area contributed by atoms with Gasteiger partial charge in [0.05, 0.1) is 5.69 Å². The summed E-state index contributed by atoms with van der Waals surface area (Å²) in [6.45, 7) is 2.43. The van der Waals surface area contributed by atoms with Crippen LogP contribution in [0.1, 0.15) is 23.6 Å².